The van der Waals surface area contributed by atoms with Crippen molar-refractivity contribution in [3.63, 3.8) is 0 Å². The van der Waals surface area contributed by atoms with Crippen LogP contribution in [0.2, 0.25) is 0 Å². The number of hydrogen-bond acceptors (Lipinski definition) is 25. The van der Waals surface area contributed by atoms with Crippen LogP contribution in [0.15, 0.2) is 97.3 Å². The minimum Gasteiger partial charge on any atom is -0.493 e. The van der Waals surface area contributed by atoms with Crippen LogP contribution in [0.5, 0.6) is 34.5 Å². The molecule has 0 radical (unpaired) electrons. The Bertz CT molecular complexity index is 3730. The number of nitriles is 2. The molecule has 31 heteroatoms. The summed E-state index contributed by atoms with van der Waals surface area (Å²) in [5, 5.41) is 25.9. The molecule has 4 aromatic carbocycles. The van der Waals surface area contributed by atoms with Crippen molar-refractivity contribution in [1.29, 1.82) is 10.5 Å². The van der Waals surface area contributed by atoms with E-state index < -0.39 is 19.4 Å². The van der Waals surface area contributed by atoms with Gasteiger partial charge in [-0.2, -0.15) is 40.7 Å². The highest BCUT2D eigenvalue weighted by molar-refractivity contribution is 8.11. The second kappa shape index (κ2) is 37.5. The SMILES string of the molecule is CN1CCN(S(=O)(=O)Cl)CC1.COc1cc(Nc2nccc(-c3ccc(OC4CCOCC4)c(C#N)c3)n2)ccc1OCCOCCN.COc1cc(Nc2nccc(-c3ccc(OC4CCOCC4)c(C#N)c3)n2)ccc1OCCOCCNS(=O)(=O)N1CCN(C)CC1.[HH].[HH]. The fourth-order valence-corrected chi connectivity index (χ4v) is 12.1. The van der Waals surface area contributed by atoms with Gasteiger partial charge in [0, 0.05) is 152 Å². The molecule has 4 saturated heterocycles. The fraction of sp³-hybridized carbons (Fsp3) is 0.469. The lowest BCUT2D eigenvalue weighted by Gasteiger charge is -2.31. The zero-order valence-corrected chi connectivity index (χ0v) is 56.2. The molecule has 0 amide bonds. The predicted molar refractivity (Wildman–Crippen MR) is 362 cm³/mol. The van der Waals surface area contributed by atoms with E-state index in [1.807, 2.05) is 62.6 Å². The zero-order valence-electron chi connectivity index (χ0n) is 53.8. The normalized spacial score (nSPS) is 16.1. The maximum atomic E-state index is 12.4. The topological polar surface area (TPSA) is 335 Å². The largest absolute Gasteiger partial charge is 0.493 e. The number of methoxy groups -OCH3 is 2. The molecular weight excluding hydrogens is 1290 g/mol. The van der Waals surface area contributed by atoms with Crippen molar-refractivity contribution in [1.82, 2.24) is 43.1 Å². The van der Waals surface area contributed by atoms with E-state index in [4.69, 9.17) is 63.8 Å². The minimum atomic E-state index is -3.51. The van der Waals surface area contributed by atoms with Crippen molar-refractivity contribution in [2.75, 3.05) is 170 Å². The highest BCUT2D eigenvalue weighted by atomic mass is 35.7. The molecule has 0 aliphatic carbocycles. The van der Waals surface area contributed by atoms with Gasteiger partial charge in [0.2, 0.25) is 11.9 Å². The Hall–Kier alpha value is -7.79. The number of benzene rings is 4. The van der Waals surface area contributed by atoms with Crippen molar-refractivity contribution in [2.24, 2.45) is 5.73 Å². The molecule has 5 N–H and O–H groups in total. The van der Waals surface area contributed by atoms with Gasteiger partial charge >= 0.3 is 0 Å². The van der Waals surface area contributed by atoms with E-state index in [-0.39, 0.29) is 41.4 Å². The summed E-state index contributed by atoms with van der Waals surface area (Å²) in [6.45, 7) is 10.3. The summed E-state index contributed by atoms with van der Waals surface area (Å²) in [5.74, 6) is 4.11. The number of piperazine rings is 2. The molecule has 0 unspecified atom stereocenters. The first-order chi connectivity index (χ1) is 46.0. The van der Waals surface area contributed by atoms with Gasteiger partial charge < -0.3 is 73.5 Å². The maximum Gasteiger partial charge on any atom is 0.299 e. The molecule has 0 atom stereocenters. The van der Waals surface area contributed by atoms with Crippen LogP contribution >= 0.6 is 10.7 Å². The van der Waals surface area contributed by atoms with Gasteiger partial charge in [0.1, 0.15) is 49.1 Å². The van der Waals surface area contributed by atoms with E-state index >= 15 is 0 Å². The van der Waals surface area contributed by atoms with Gasteiger partial charge in [-0.25, -0.2) is 19.9 Å². The number of nitrogens with two attached hydrogens (primary N) is 1. The molecule has 4 aliphatic heterocycles. The van der Waals surface area contributed by atoms with Gasteiger partial charge in [-0.1, -0.05) is 0 Å². The third-order valence-corrected chi connectivity index (χ3v) is 18.4. The summed E-state index contributed by atoms with van der Waals surface area (Å²) in [7, 11) is 5.22. The highest BCUT2D eigenvalue weighted by Crippen LogP contribution is 2.35. The third kappa shape index (κ3) is 23.2. The summed E-state index contributed by atoms with van der Waals surface area (Å²) in [6, 6.07) is 29.8. The first-order valence-corrected chi connectivity index (χ1v) is 34.8. The lowest BCUT2D eigenvalue weighted by atomic mass is 10.1. The Balaban J connectivity index is 0.000000264. The van der Waals surface area contributed by atoms with Gasteiger partial charge in [0.15, 0.2) is 23.0 Å². The number of hydrogen-bond donors (Lipinski definition) is 4. The second-order valence-electron chi connectivity index (χ2n) is 22.0. The molecule has 95 heavy (non-hydrogen) atoms. The quantitative estimate of drug-likeness (QED) is 0.0293. The van der Waals surface area contributed by atoms with Crippen LogP contribution in [0.25, 0.3) is 22.5 Å². The highest BCUT2D eigenvalue weighted by Gasteiger charge is 2.26. The van der Waals surface area contributed by atoms with Crippen LogP contribution in [0, 0.1) is 22.7 Å². The Kier molecular flexibility index (Phi) is 28.8. The Labute approximate surface area is 563 Å². The summed E-state index contributed by atoms with van der Waals surface area (Å²) >= 11 is 0. The smallest absolute Gasteiger partial charge is 0.299 e. The van der Waals surface area contributed by atoms with E-state index in [0.29, 0.717) is 167 Å². The molecule has 10 rings (SSSR count). The van der Waals surface area contributed by atoms with Gasteiger partial charge in [0.05, 0.1) is 89.6 Å². The van der Waals surface area contributed by atoms with E-state index in [1.54, 1.807) is 63.0 Å². The average molecular weight is 1380 g/mol. The van der Waals surface area contributed by atoms with Crippen LogP contribution < -0.4 is 49.5 Å². The summed E-state index contributed by atoms with van der Waals surface area (Å²) in [5.41, 5.74) is 10.6. The second-order valence-corrected chi connectivity index (χ2v) is 26.2. The molecule has 4 aliphatic rings. The predicted octanol–water partition coefficient (Wildman–Crippen LogP) is 6.69. The lowest BCUT2D eigenvalue weighted by molar-refractivity contribution is 0.0252. The maximum absolute atomic E-state index is 12.4. The summed E-state index contributed by atoms with van der Waals surface area (Å²) in [4.78, 5) is 22.1. The average Bonchev–Trinajstić information content (AvgIpc) is 0.910. The molecule has 0 saturated carbocycles. The number of rotatable bonds is 28. The van der Waals surface area contributed by atoms with Crippen LogP contribution in [-0.4, -0.2) is 227 Å². The molecule has 6 aromatic rings. The number of aromatic nitrogens is 4. The summed E-state index contributed by atoms with van der Waals surface area (Å²) < 4.78 is 108. The molecule has 4 fully saturated rings. The number of ether oxygens (including phenoxy) is 10. The van der Waals surface area contributed by atoms with Crippen LogP contribution in [-0.2, 0) is 38.4 Å². The molecule has 2 aromatic heterocycles. The number of halogens is 1. The zero-order chi connectivity index (χ0) is 67.4. The molecule has 516 valence electrons. The standard InChI is InChI=1S/C32H41N7O7S.C27H31N5O5.C5H11ClN2O2S.2H2/c1-38-12-14-39(15-13-38)47(40,41)35-11-18-44-19-20-45-30-6-4-26(22-31(30)42-2)36-32-34-10-7-28(37-32)24-3-5-29(25(21-24)23-33)46-27-8-16-43-17-9-27;1-33-26-17-21(3-5-25(26)36-15-14-35-13-9-28)31-27-30-10-6-23(32-27)19-2-4-24(20(16-19)18-29)37-22-7-11-34-12-8-22;1-7-2-4-8(5-3-7)11(6,9)10;;/h3-7,10,21-22,27,35H,8-9,11-20H2,1-2H3,(H,34,36,37);2-6,10,16-17,22H,7-9,11-15,28H2,1H3,(H,30,31,32);2-5H2,1H3;2*1H. The molecule has 28 nitrogen and oxygen atoms in total. The Morgan fingerprint density at radius 1 is 0.568 bits per heavy atom. The van der Waals surface area contributed by atoms with Crippen molar-refractivity contribution in [3.05, 3.63) is 108 Å². The summed E-state index contributed by atoms with van der Waals surface area (Å²) in [6.07, 6.45) is 6.63. The van der Waals surface area contributed by atoms with Gasteiger partial charge in [0.25, 0.3) is 19.4 Å². The van der Waals surface area contributed by atoms with Crippen molar-refractivity contribution < 1.29 is 67.1 Å². The van der Waals surface area contributed by atoms with Gasteiger partial charge in [-0.3, -0.25) is 0 Å². The van der Waals surface area contributed by atoms with E-state index in [2.05, 4.69) is 57.2 Å². The van der Waals surface area contributed by atoms with Crippen LogP contribution in [0.1, 0.15) is 39.7 Å². The minimum absolute atomic E-state index is 0. The fourth-order valence-electron chi connectivity index (χ4n) is 9.93. The molecular formula is C64H87ClN14O14S2. The van der Waals surface area contributed by atoms with E-state index in [9.17, 15) is 27.4 Å². The van der Waals surface area contributed by atoms with Gasteiger partial charge in [-0.15, -0.1) is 0 Å². The monoisotopic (exact) mass is 1370 g/mol. The number of nitrogens with one attached hydrogen (secondary N) is 3. The van der Waals surface area contributed by atoms with Crippen molar-refractivity contribution in [3.8, 4) is 69.2 Å². The van der Waals surface area contributed by atoms with E-state index in [1.165, 1.54) is 8.61 Å². The van der Waals surface area contributed by atoms with Crippen molar-refractivity contribution in [2.45, 2.75) is 37.9 Å². The molecule has 0 spiro atoms. The first-order valence-electron chi connectivity index (χ1n) is 31.1. The molecule has 6 heterocycles. The lowest BCUT2D eigenvalue weighted by Crippen LogP contribution is -2.51. The number of nitrogens with zero attached hydrogens (tertiary/aromatic N) is 10. The third-order valence-electron chi connectivity index (χ3n) is 15.2. The van der Waals surface area contributed by atoms with Crippen molar-refractivity contribution >= 4 is 53.4 Å². The number of anilines is 4. The number of likely N-dealkylation sites (N-methyl/N-ethyl adjacent to an activating group) is 2. The first kappa shape index (κ1) is 73.0. The van der Waals surface area contributed by atoms with Gasteiger partial charge in [-0.05, 0) is 86.9 Å². The van der Waals surface area contributed by atoms with E-state index in [0.717, 1.165) is 55.6 Å². The Morgan fingerprint density at radius 3 is 1.42 bits per heavy atom. The molecule has 0 bridgehead atoms. The van der Waals surface area contributed by atoms with Crippen LogP contribution in [0.4, 0.5) is 23.3 Å². The van der Waals surface area contributed by atoms with Crippen LogP contribution in [0.3, 0.4) is 0 Å². The Morgan fingerprint density at radius 2 is 1.00 bits per heavy atom.